The van der Waals surface area contributed by atoms with Crippen LogP contribution >= 0.6 is 0 Å². The third kappa shape index (κ3) is 6.95. The van der Waals surface area contributed by atoms with Crippen LogP contribution < -0.4 is 14.4 Å². The Labute approximate surface area is 196 Å². The van der Waals surface area contributed by atoms with Gasteiger partial charge >= 0.3 is 0 Å². The summed E-state index contributed by atoms with van der Waals surface area (Å²) in [5.74, 6) is -0.426. The molecule has 1 atom stereocenters. The van der Waals surface area contributed by atoms with E-state index < -0.39 is 28.5 Å². The average molecular weight is 476 g/mol. The van der Waals surface area contributed by atoms with Gasteiger partial charge in [-0.2, -0.15) is 0 Å². The minimum atomic E-state index is -3.82. The van der Waals surface area contributed by atoms with Crippen molar-refractivity contribution in [3.05, 3.63) is 59.7 Å². The van der Waals surface area contributed by atoms with E-state index >= 15 is 0 Å². The van der Waals surface area contributed by atoms with Crippen LogP contribution in [0.15, 0.2) is 48.5 Å². The van der Waals surface area contributed by atoms with Crippen molar-refractivity contribution in [1.82, 2.24) is 10.2 Å². The van der Waals surface area contributed by atoms with Crippen molar-refractivity contribution >= 4 is 27.5 Å². The Morgan fingerprint density at radius 3 is 2.24 bits per heavy atom. The number of likely N-dealkylation sites (N-methyl/N-ethyl adjacent to an activating group) is 1. The number of rotatable bonds is 11. The van der Waals surface area contributed by atoms with E-state index in [2.05, 4.69) is 5.32 Å². The Morgan fingerprint density at radius 1 is 1.06 bits per heavy atom. The van der Waals surface area contributed by atoms with E-state index in [4.69, 9.17) is 4.74 Å². The lowest BCUT2D eigenvalue weighted by atomic mass is 10.1. The van der Waals surface area contributed by atoms with Gasteiger partial charge in [0.25, 0.3) is 0 Å². The molecule has 0 unspecified atom stereocenters. The second kappa shape index (κ2) is 11.7. The van der Waals surface area contributed by atoms with E-state index in [1.54, 1.807) is 24.3 Å². The molecule has 0 saturated heterocycles. The van der Waals surface area contributed by atoms with Crippen molar-refractivity contribution in [3.63, 3.8) is 0 Å². The van der Waals surface area contributed by atoms with Gasteiger partial charge in [-0.15, -0.1) is 0 Å². The van der Waals surface area contributed by atoms with Gasteiger partial charge in [0.15, 0.2) is 0 Å². The highest BCUT2D eigenvalue weighted by Crippen LogP contribution is 2.29. The molecule has 2 rings (SSSR count). The van der Waals surface area contributed by atoms with Gasteiger partial charge in [0, 0.05) is 13.1 Å². The number of para-hydroxylation sites is 2. The molecule has 0 aliphatic rings. The number of sulfonamides is 1. The number of aryl methyl sites for hydroxylation is 1. The maximum Gasteiger partial charge on any atom is 0.244 e. The summed E-state index contributed by atoms with van der Waals surface area (Å²) in [6, 6.07) is 13.5. The van der Waals surface area contributed by atoms with Crippen LogP contribution in [0.25, 0.3) is 0 Å². The molecule has 33 heavy (non-hydrogen) atoms. The predicted molar refractivity (Wildman–Crippen MR) is 130 cm³/mol. The van der Waals surface area contributed by atoms with Crippen molar-refractivity contribution < 1.29 is 22.7 Å². The number of ether oxygens (including phenoxy) is 1. The van der Waals surface area contributed by atoms with E-state index in [1.807, 2.05) is 45.0 Å². The zero-order valence-electron chi connectivity index (χ0n) is 19.9. The summed E-state index contributed by atoms with van der Waals surface area (Å²) >= 11 is 0. The minimum Gasteiger partial charge on any atom is -0.495 e. The van der Waals surface area contributed by atoms with E-state index in [9.17, 15) is 18.0 Å². The summed E-state index contributed by atoms with van der Waals surface area (Å²) in [6.45, 7) is 5.75. The van der Waals surface area contributed by atoms with Crippen LogP contribution in [0.4, 0.5) is 5.69 Å². The second-order valence-corrected chi connectivity index (χ2v) is 9.67. The molecule has 0 aliphatic heterocycles. The number of anilines is 1. The highest BCUT2D eigenvalue weighted by Gasteiger charge is 2.32. The lowest BCUT2D eigenvalue weighted by Crippen LogP contribution is -2.52. The first kappa shape index (κ1) is 26.2. The van der Waals surface area contributed by atoms with Crippen LogP contribution in [-0.2, 0) is 26.2 Å². The number of methoxy groups -OCH3 is 1. The molecule has 0 fully saturated rings. The number of amides is 2. The van der Waals surface area contributed by atoms with Crippen molar-refractivity contribution in [1.29, 1.82) is 0 Å². The molecule has 2 aromatic carbocycles. The number of hydrogen-bond acceptors (Lipinski definition) is 5. The molecule has 0 aliphatic carbocycles. The van der Waals surface area contributed by atoms with Crippen molar-refractivity contribution in [3.8, 4) is 5.75 Å². The third-order valence-corrected chi connectivity index (χ3v) is 6.37. The average Bonchev–Trinajstić information content (AvgIpc) is 2.78. The molecule has 180 valence electrons. The quantitative estimate of drug-likeness (QED) is 0.539. The first-order valence-electron chi connectivity index (χ1n) is 10.9. The fraction of sp³-hybridized carbons (Fsp3) is 0.417. The minimum absolute atomic E-state index is 0.179. The largest absolute Gasteiger partial charge is 0.495 e. The van der Waals surface area contributed by atoms with Gasteiger partial charge in [-0.3, -0.25) is 13.9 Å². The smallest absolute Gasteiger partial charge is 0.244 e. The zero-order chi connectivity index (χ0) is 24.6. The van der Waals surface area contributed by atoms with Crippen LogP contribution in [0.2, 0.25) is 0 Å². The standard InChI is InChI=1S/C24H33N3O5S/c1-6-20(24(29)25-7-2)26(16-19-14-12-18(3)13-15-19)23(28)17-27(33(5,30)31)21-10-8-9-11-22(21)32-4/h8-15,20H,6-7,16-17H2,1-5H3,(H,25,29)/t20-/m1/s1. The molecule has 0 aromatic heterocycles. The SMILES string of the molecule is CCNC(=O)[C@@H](CC)N(Cc1ccc(C)cc1)C(=O)CN(c1ccccc1OC)S(C)(=O)=O. The van der Waals surface area contributed by atoms with Crippen molar-refractivity contribution in [2.24, 2.45) is 0 Å². The van der Waals surface area contributed by atoms with E-state index in [0.29, 0.717) is 18.7 Å². The molecular weight excluding hydrogens is 442 g/mol. The molecule has 0 radical (unpaired) electrons. The predicted octanol–water partition coefficient (Wildman–Crippen LogP) is 2.71. The Balaban J connectivity index is 2.46. The van der Waals surface area contributed by atoms with Gasteiger partial charge in [0.1, 0.15) is 18.3 Å². The monoisotopic (exact) mass is 475 g/mol. The number of benzene rings is 2. The second-order valence-electron chi connectivity index (χ2n) is 7.77. The van der Waals surface area contributed by atoms with E-state index in [-0.39, 0.29) is 18.1 Å². The van der Waals surface area contributed by atoms with Crippen LogP contribution in [0.5, 0.6) is 5.75 Å². The molecule has 0 spiro atoms. The molecule has 1 N–H and O–H groups in total. The Bertz CT molecular complexity index is 1050. The van der Waals surface area contributed by atoms with Gasteiger partial charge in [0.05, 0.1) is 19.1 Å². The fourth-order valence-electron chi connectivity index (χ4n) is 3.53. The molecule has 0 heterocycles. The maximum absolute atomic E-state index is 13.6. The molecular formula is C24H33N3O5S. The van der Waals surface area contributed by atoms with Crippen LogP contribution in [0.3, 0.4) is 0 Å². The normalized spacial score (nSPS) is 12.0. The van der Waals surface area contributed by atoms with Crippen LogP contribution in [0.1, 0.15) is 31.4 Å². The molecule has 2 aromatic rings. The highest BCUT2D eigenvalue weighted by molar-refractivity contribution is 7.92. The summed E-state index contributed by atoms with van der Waals surface area (Å²) in [5.41, 5.74) is 2.18. The van der Waals surface area contributed by atoms with Crippen LogP contribution in [-0.4, -0.2) is 57.6 Å². The topological polar surface area (TPSA) is 96.0 Å². The van der Waals surface area contributed by atoms with Crippen LogP contribution in [0, 0.1) is 6.92 Å². The van der Waals surface area contributed by atoms with E-state index in [1.165, 1.54) is 12.0 Å². The number of nitrogens with zero attached hydrogens (tertiary/aromatic N) is 2. The van der Waals surface area contributed by atoms with Gasteiger partial charge in [-0.25, -0.2) is 8.42 Å². The molecule has 0 bridgehead atoms. The Hall–Kier alpha value is -3.07. The third-order valence-electron chi connectivity index (χ3n) is 5.24. The maximum atomic E-state index is 13.6. The van der Waals surface area contributed by atoms with Gasteiger partial charge in [-0.05, 0) is 38.0 Å². The number of carbonyl (C=O) groups excluding carboxylic acids is 2. The Kier molecular flexibility index (Phi) is 9.28. The fourth-order valence-corrected chi connectivity index (χ4v) is 4.39. The first-order chi connectivity index (χ1) is 15.6. The number of carbonyl (C=O) groups is 2. The molecule has 2 amide bonds. The number of hydrogen-bond donors (Lipinski definition) is 1. The molecule has 9 heteroatoms. The highest BCUT2D eigenvalue weighted by atomic mass is 32.2. The summed E-state index contributed by atoms with van der Waals surface area (Å²) in [6.07, 6.45) is 1.43. The lowest BCUT2D eigenvalue weighted by Gasteiger charge is -2.33. The van der Waals surface area contributed by atoms with Crippen molar-refractivity contribution in [2.45, 2.75) is 39.8 Å². The Morgan fingerprint density at radius 2 is 1.70 bits per heavy atom. The summed E-state index contributed by atoms with van der Waals surface area (Å²) in [5, 5.41) is 2.78. The summed E-state index contributed by atoms with van der Waals surface area (Å²) in [7, 11) is -2.38. The van der Waals surface area contributed by atoms with Gasteiger partial charge in [0.2, 0.25) is 21.8 Å². The molecule has 8 nitrogen and oxygen atoms in total. The lowest BCUT2D eigenvalue weighted by molar-refractivity contribution is -0.140. The summed E-state index contributed by atoms with van der Waals surface area (Å²) in [4.78, 5) is 27.8. The van der Waals surface area contributed by atoms with Gasteiger partial charge < -0.3 is 15.0 Å². The number of nitrogens with one attached hydrogen (secondary N) is 1. The zero-order valence-corrected chi connectivity index (χ0v) is 20.7. The summed E-state index contributed by atoms with van der Waals surface area (Å²) < 4.78 is 31.6. The molecule has 0 saturated carbocycles. The van der Waals surface area contributed by atoms with Gasteiger partial charge in [-0.1, -0.05) is 48.9 Å². The first-order valence-corrected chi connectivity index (χ1v) is 12.7. The van der Waals surface area contributed by atoms with Crippen molar-refractivity contribution in [2.75, 3.05) is 30.8 Å². The van der Waals surface area contributed by atoms with E-state index in [0.717, 1.165) is 21.7 Å².